The SMILES string of the molecule is O=C(NCc1cccc(CN2CCCCC2)c1)[C@@H]1CCCN(S(=O)(=O)c2ccc(F)cc2)C1. The number of carbonyl (C=O) groups is 1. The standard InChI is InChI=1S/C25H32FN3O3S/c26-23-9-11-24(12-10-23)33(31,32)29-15-5-8-22(19-29)25(30)27-17-20-6-4-7-21(16-20)18-28-13-2-1-3-14-28/h4,6-7,9-12,16,22H,1-3,5,8,13-15,17-19H2,(H,27,30)/t22-/m1/s1. The van der Waals surface area contributed by atoms with Crippen LogP contribution in [0.1, 0.15) is 43.2 Å². The number of sulfonamides is 1. The fourth-order valence-electron chi connectivity index (χ4n) is 4.68. The lowest BCUT2D eigenvalue weighted by molar-refractivity contribution is -0.126. The molecule has 0 aliphatic carbocycles. The average molecular weight is 474 g/mol. The third-order valence-corrected chi connectivity index (χ3v) is 8.40. The first-order chi connectivity index (χ1) is 15.9. The van der Waals surface area contributed by atoms with Gasteiger partial charge in [-0.2, -0.15) is 4.31 Å². The molecule has 0 saturated carbocycles. The largest absolute Gasteiger partial charge is 0.352 e. The zero-order chi connectivity index (χ0) is 23.3. The van der Waals surface area contributed by atoms with Crippen molar-refractivity contribution in [2.45, 2.75) is 50.1 Å². The van der Waals surface area contributed by atoms with Crippen molar-refractivity contribution in [2.75, 3.05) is 26.2 Å². The molecule has 0 bridgehead atoms. The summed E-state index contributed by atoms with van der Waals surface area (Å²) in [6, 6.07) is 13.1. The van der Waals surface area contributed by atoms with E-state index >= 15 is 0 Å². The first-order valence-electron chi connectivity index (χ1n) is 11.8. The molecule has 2 aromatic carbocycles. The highest BCUT2D eigenvalue weighted by Crippen LogP contribution is 2.24. The normalized spacial score (nSPS) is 20.5. The average Bonchev–Trinajstić information content (AvgIpc) is 2.84. The molecule has 8 heteroatoms. The summed E-state index contributed by atoms with van der Waals surface area (Å²) < 4.78 is 40.4. The first kappa shape index (κ1) is 23.9. The Morgan fingerprint density at radius 3 is 2.45 bits per heavy atom. The predicted octanol–water partition coefficient (Wildman–Crippen LogP) is 3.53. The Hall–Kier alpha value is -2.29. The summed E-state index contributed by atoms with van der Waals surface area (Å²) in [7, 11) is -3.75. The van der Waals surface area contributed by atoms with Crippen LogP contribution in [-0.4, -0.2) is 49.7 Å². The maximum Gasteiger partial charge on any atom is 0.243 e. The molecule has 1 atom stereocenters. The summed E-state index contributed by atoms with van der Waals surface area (Å²) in [5.41, 5.74) is 2.29. The monoisotopic (exact) mass is 473 g/mol. The molecule has 4 rings (SSSR count). The summed E-state index contributed by atoms with van der Waals surface area (Å²) in [5, 5.41) is 3.00. The highest BCUT2D eigenvalue weighted by atomic mass is 32.2. The van der Waals surface area contributed by atoms with Gasteiger partial charge in [0.1, 0.15) is 5.82 Å². The second kappa shape index (κ2) is 10.8. The molecule has 2 aliphatic rings. The van der Waals surface area contributed by atoms with Gasteiger partial charge in [0, 0.05) is 26.2 Å². The van der Waals surface area contributed by atoms with Crippen molar-refractivity contribution in [2.24, 2.45) is 5.92 Å². The molecule has 0 unspecified atom stereocenters. The molecular weight excluding hydrogens is 441 g/mol. The van der Waals surface area contributed by atoms with E-state index in [4.69, 9.17) is 0 Å². The van der Waals surface area contributed by atoms with Gasteiger partial charge in [0.25, 0.3) is 0 Å². The van der Waals surface area contributed by atoms with Crippen LogP contribution >= 0.6 is 0 Å². The highest BCUT2D eigenvalue weighted by molar-refractivity contribution is 7.89. The Kier molecular flexibility index (Phi) is 7.78. The second-order valence-corrected chi connectivity index (χ2v) is 11.0. The summed E-state index contributed by atoms with van der Waals surface area (Å²) in [6.45, 7) is 4.14. The number of rotatable bonds is 7. The fraction of sp³-hybridized carbons (Fsp3) is 0.480. The lowest BCUT2D eigenvalue weighted by Crippen LogP contribution is -2.45. The van der Waals surface area contributed by atoms with E-state index in [0.29, 0.717) is 25.9 Å². The van der Waals surface area contributed by atoms with Crippen molar-refractivity contribution >= 4 is 15.9 Å². The molecule has 6 nitrogen and oxygen atoms in total. The van der Waals surface area contributed by atoms with Crippen molar-refractivity contribution in [1.82, 2.24) is 14.5 Å². The summed E-state index contributed by atoms with van der Waals surface area (Å²) in [4.78, 5) is 15.4. The van der Waals surface area contributed by atoms with Gasteiger partial charge in [-0.3, -0.25) is 9.69 Å². The van der Waals surface area contributed by atoms with E-state index < -0.39 is 21.8 Å². The van der Waals surface area contributed by atoms with E-state index in [0.717, 1.165) is 37.3 Å². The van der Waals surface area contributed by atoms with E-state index in [-0.39, 0.29) is 17.3 Å². The summed E-state index contributed by atoms with van der Waals surface area (Å²) in [6.07, 6.45) is 5.09. The molecule has 178 valence electrons. The molecule has 2 fully saturated rings. The zero-order valence-corrected chi connectivity index (χ0v) is 19.7. The number of carbonyl (C=O) groups excluding carboxylic acids is 1. The molecular formula is C25H32FN3O3S. The Morgan fingerprint density at radius 2 is 1.70 bits per heavy atom. The predicted molar refractivity (Wildman–Crippen MR) is 125 cm³/mol. The Labute approximate surface area is 195 Å². The van der Waals surface area contributed by atoms with Crippen molar-refractivity contribution in [3.63, 3.8) is 0 Å². The van der Waals surface area contributed by atoms with Crippen molar-refractivity contribution in [3.8, 4) is 0 Å². The van der Waals surface area contributed by atoms with Gasteiger partial charge >= 0.3 is 0 Å². The summed E-state index contributed by atoms with van der Waals surface area (Å²) in [5.74, 6) is -1.01. The number of nitrogens with zero attached hydrogens (tertiary/aromatic N) is 2. The van der Waals surface area contributed by atoms with Gasteiger partial charge in [-0.1, -0.05) is 30.7 Å². The van der Waals surface area contributed by atoms with Crippen LogP contribution in [0.3, 0.4) is 0 Å². The number of hydrogen-bond acceptors (Lipinski definition) is 4. The van der Waals surface area contributed by atoms with Gasteiger partial charge in [-0.25, -0.2) is 12.8 Å². The molecule has 33 heavy (non-hydrogen) atoms. The molecule has 2 heterocycles. The lowest BCUT2D eigenvalue weighted by atomic mass is 9.98. The van der Waals surface area contributed by atoms with Crippen LogP contribution in [0.15, 0.2) is 53.4 Å². The topological polar surface area (TPSA) is 69.7 Å². The number of amides is 1. The molecule has 1 amide bonds. The first-order valence-corrected chi connectivity index (χ1v) is 13.2. The fourth-order valence-corrected chi connectivity index (χ4v) is 6.20. The van der Waals surface area contributed by atoms with Gasteiger partial charge in [0.05, 0.1) is 10.8 Å². The van der Waals surface area contributed by atoms with E-state index in [2.05, 4.69) is 22.3 Å². The van der Waals surface area contributed by atoms with Crippen molar-refractivity contribution in [1.29, 1.82) is 0 Å². The van der Waals surface area contributed by atoms with Gasteiger partial charge in [0.2, 0.25) is 15.9 Å². The molecule has 0 radical (unpaired) electrons. The smallest absolute Gasteiger partial charge is 0.243 e. The maximum atomic E-state index is 13.2. The molecule has 2 saturated heterocycles. The Morgan fingerprint density at radius 1 is 0.970 bits per heavy atom. The zero-order valence-electron chi connectivity index (χ0n) is 18.9. The third kappa shape index (κ3) is 6.19. The van der Waals surface area contributed by atoms with Gasteiger partial charge in [0.15, 0.2) is 0 Å². The van der Waals surface area contributed by atoms with Crippen LogP contribution in [0, 0.1) is 11.7 Å². The van der Waals surface area contributed by atoms with Crippen LogP contribution < -0.4 is 5.32 Å². The number of halogens is 1. The van der Waals surface area contributed by atoms with Crippen LogP contribution in [0.4, 0.5) is 4.39 Å². The minimum absolute atomic E-state index is 0.0514. The lowest BCUT2D eigenvalue weighted by Gasteiger charge is -2.31. The quantitative estimate of drug-likeness (QED) is 0.668. The molecule has 0 spiro atoms. The van der Waals surface area contributed by atoms with Crippen molar-refractivity contribution in [3.05, 3.63) is 65.5 Å². The minimum Gasteiger partial charge on any atom is -0.352 e. The number of benzene rings is 2. The Bertz CT molecular complexity index is 1050. The molecule has 2 aromatic rings. The van der Waals surface area contributed by atoms with E-state index in [1.165, 1.54) is 41.3 Å². The third-order valence-electron chi connectivity index (χ3n) is 6.52. The van der Waals surface area contributed by atoms with E-state index in [9.17, 15) is 17.6 Å². The highest BCUT2D eigenvalue weighted by Gasteiger charge is 2.33. The van der Waals surface area contributed by atoms with Crippen molar-refractivity contribution < 1.29 is 17.6 Å². The molecule has 0 aromatic heterocycles. The van der Waals surface area contributed by atoms with Crippen LogP contribution in [0.5, 0.6) is 0 Å². The molecule has 2 aliphatic heterocycles. The number of nitrogens with one attached hydrogen (secondary N) is 1. The Balaban J connectivity index is 1.33. The number of hydrogen-bond donors (Lipinski definition) is 1. The van der Waals surface area contributed by atoms with Crippen LogP contribution in [-0.2, 0) is 27.9 Å². The van der Waals surface area contributed by atoms with E-state index in [1.807, 2.05) is 12.1 Å². The molecule has 1 N–H and O–H groups in total. The second-order valence-electron chi connectivity index (χ2n) is 9.03. The van der Waals surface area contributed by atoms with Gasteiger partial charge in [-0.05, 0) is 74.2 Å². The van der Waals surface area contributed by atoms with E-state index in [1.54, 1.807) is 0 Å². The van der Waals surface area contributed by atoms with Gasteiger partial charge < -0.3 is 5.32 Å². The minimum atomic E-state index is -3.75. The van der Waals surface area contributed by atoms with Crippen LogP contribution in [0.2, 0.25) is 0 Å². The van der Waals surface area contributed by atoms with Gasteiger partial charge in [-0.15, -0.1) is 0 Å². The van der Waals surface area contributed by atoms with Crippen LogP contribution in [0.25, 0.3) is 0 Å². The number of likely N-dealkylation sites (tertiary alicyclic amines) is 1. The number of piperidine rings is 2. The summed E-state index contributed by atoms with van der Waals surface area (Å²) >= 11 is 0. The maximum absolute atomic E-state index is 13.2.